The fraction of sp³-hybridized carbons (Fsp3) is 0.250. The summed E-state index contributed by atoms with van der Waals surface area (Å²) in [6.07, 6.45) is 1.72. The Hall–Kier alpha value is -2.20. The summed E-state index contributed by atoms with van der Waals surface area (Å²) in [6, 6.07) is 14.3. The minimum Gasteiger partial charge on any atom is -0.480 e. The molecule has 0 amide bonds. The number of aliphatic carboxylic acids is 1. The molecule has 0 bridgehead atoms. The number of nitrogens with zero attached hydrogens (tertiary/aromatic N) is 2. The average molecular weight is 270 g/mol. The molecule has 0 saturated heterocycles. The lowest BCUT2D eigenvalue weighted by atomic mass is 10.1. The predicted molar refractivity (Wildman–Crippen MR) is 77.1 cm³/mol. The monoisotopic (exact) mass is 270 g/mol. The molecule has 1 heterocycles. The molecule has 4 nitrogen and oxygen atoms in total. The molecule has 1 unspecified atom stereocenters. The van der Waals surface area contributed by atoms with Gasteiger partial charge in [-0.25, -0.2) is 0 Å². The van der Waals surface area contributed by atoms with Crippen LogP contribution in [0, 0.1) is 0 Å². The number of carboxylic acids is 1. The van der Waals surface area contributed by atoms with Gasteiger partial charge in [0.05, 0.1) is 5.69 Å². The minimum atomic E-state index is -0.839. The van der Waals surface area contributed by atoms with Gasteiger partial charge in [-0.1, -0.05) is 43.3 Å². The molecule has 1 aromatic heterocycles. The molecule has 0 aliphatic rings. The number of carboxylic acid groups (broad SMARTS) is 1. The van der Waals surface area contributed by atoms with Gasteiger partial charge in [0.25, 0.3) is 0 Å². The van der Waals surface area contributed by atoms with Crippen molar-refractivity contribution < 1.29 is 9.90 Å². The van der Waals surface area contributed by atoms with Crippen LogP contribution in [0.2, 0.25) is 0 Å². The van der Waals surface area contributed by atoms with Crippen LogP contribution in [0.25, 0.3) is 0 Å². The number of benzene rings is 1. The standard InChI is InChI=1S/C16H18N2O2/c1-2-18(12-14-10-6-7-11-17-14)15(16(19)20)13-8-4-3-5-9-13/h3-11,15H,2,12H2,1H3,(H,19,20). The van der Waals surface area contributed by atoms with Crippen LogP contribution < -0.4 is 0 Å². The van der Waals surface area contributed by atoms with E-state index >= 15 is 0 Å². The van der Waals surface area contributed by atoms with Gasteiger partial charge < -0.3 is 5.11 Å². The molecule has 1 N–H and O–H groups in total. The zero-order valence-electron chi connectivity index (χ0n) is 11.4. The van der Waals surface area contributed by atoms with E-state index in [4.69, 9.17) is 0 Å². The first-order chi connectivity index (χ1) is 9.72. The SMILES string of the molecule is CCN(Cc1ccccn1)C(C(=O)O)c1ccccc1. The van der Waals surface area contributed by atoms with Gasteiger partial charge in [0.15, 0.2) is 0 Å². The summed E-state index contributed by atoms with van der Waals surface area (Å²) in [5.74, 6) is -0.839. The van der Waals surface area contributed by atoms with Gasteiger partial charge in [-0.2, -0.15) is 0 Å². The summed E-state index contributed by atoms with van der Waals surface area (Å²) in [6.45, 7) is 3.12. The Kier molecular flexibility index (Phi) is 4.85. The molecule has 0 saturated carbocycles. The second-order valence-corrected chi connectivity index (χ2v) is 4.54. The van der Waals surface area contributed by atoms with Crippen molar-refractivity contribution in [3.05, 3.63) is 66.0 Å². The molecule has 0 aliphatic heterocycles. The van der Waals surface area contributed by atoms with Crippen LogP contribution in [0.3, 0.4) is 0 Å². The predicted octanol–water partition coefficient (Wildman–Crippen LogP) is 2.73. The molecule has 1 atom stereocenters. The van der Waals surface area contributed by atoms with E-state index in [0.717, 1.165) is 11.3 Å². The zero-order chi connectivity index (χ0) is 14.4. The van der Waals surface area contributed by atoms with Crippen LogP contribution in [0.15, 0.2) is 54.7 Å². The third-order valence-corrected chi connectivity index (χ3v) is 3.21. The van der Waals surface area contributed by atoms with E-state index in [0.29, 0.717) is 13.1 Å². The first-order valence-corrected chi connectivity index (χ1v) is 6.64. The fourth-order valence-corrected chi connectivity index (χ4v) is 2.23. The van der Waals surface area contributed by atoms with Crippen molar-refractivity contribution in [2.24, 2.45) is 0 Å². The number of pyridine rings is 1. The third kappa shape index (κ3) is 3.42. The summed E-state index contributed by atoms with van der Waals surface area (Å²) >= 11 is 0. The van der Waals surface area contributed by atoms with E-state index < -0.39 is 12.0 Å². The summed E-state index contributed by atoms with van der Waals surface area (Å²) in [5, 5.41) is 9.54. The van der Waals surface area contributed by atoms with Gasteiger partial charge in [-0.05, 0) is 24.2 Å². The normalized spacial score (nSPS) is 12.3. The van der Waals surface area contributed by atoms with Crippen molar-refractivity contribution in [1.82, 2.24) is 9.88 Å². The highest BCUT2D eigenvalue weighted by Gasteiger charge is 2.26. The Labute approximate surface area is 118 Å². The maximum Gasteiger partial charge on any atom is 0.325 e. The van der Waals surface area contributed by atoms with Crippen LogP contribution in [-0.4, -0.2) is 27.5 Å². The largest absolute Gasteiger partial charge is 0.480 e. The molecule has 0 spiro atoms. The van der Waals surface area contributed by atoms with Crippen LogP contribution in [0.5, 0.6) is 0 Å². The Balaban J connectivity index is 2.25. The number of likely N-dealkylation sites (N-methyl/N-ethyl adjacent to an activating group) is 1. The van der Waals surface area contributed by atoms with E-state index in [-0.39, 0.29) is 0 Å². The van der Waals surface area contributed by atoms with Crippen molar-refractivity contribution in [2.45, 2.75) is 19.5 Å². The second-order valence-electron chi connectivity index (χ2n) is 4.54. The lowest BCUT2D eigenvalue weighted by Crippen LogP contribution is -2.33. The number of rotatable bonds is 6. The Morgan fingerprint density at radius 2 is 1.90 bits per heavy atom. The van der Waals surface area contributed by atoms with Crippen molar-refractivity contribution in [3.63, 3.8) is 0 Å². The summed E-state index contributed by atoms with van der Waals surface area (Å²) in [5.41, 5.74) is 1.66. The number of hydrogen-bond donors (Lipinski definition) is 1. The van der Waals surface area contributed by atoms with Crippen LogP contribution in [-0.2, 0) is 11.3 Å². The van der Waals surface area contributed by atoms with Gasteiger partial charge in [-0.15, -0.1) is 0 Å². The quantitative estimate of drug-likeness (QED) is 0.877. The van der Waals surface area contributed by atoms with Crippen molar-refractivity contribution in [2.75, 3.05) is 6.54 Å². The Morgan fingerprint density at radius 1 is 1.20 bits per heavy atom. The number of aromatic nitrogens is 1. The first kappa shape index (κ1) is 14.2. The van der Waals surface area contributed by atoms with Crippen molar-refractivity contribution in [3.8, 4) is 0 Å². The molecular formula is C16H18N2O2. The van der Waals surface area contributed by atoms with Crippen LogP contribution in [0.1, 0.15) is 24.2 Å². The van der Waals surface area contributed by atoms with E-state index in [9.17, 15) is 9.90 Å². The zero-order valence-corrected chi connectivity index (χ0v) is 11.4. The highest BCUT2D eigenvalue weighted by molar-refractivity contribution is 5.75. The highest BCUT2D eigenvalue weighted by Crippen LogP contribution is 2.22. The molecule has 0 radical (unpaired) electrons. The van der Waals surface area contributed by atoms with Gasteiger partial charge in [-0.3, -0.25) is 14.7 Å². The first-order valence-electron chi connectivity index (χ1n) is 6.64. The smallest absolute Gasteiger partial charge is 0.325 e. The number of carbonyl (C=O) groups is 1. The molecule has 0 aliphatic carbocycles. The molecule has 104 valence electrons. The minimum absolute atomic E-state index is 0.517. The lowest BCUT2D eigenvalue weighted by Gasteiger charge is -2.27. The van der Waals surface area contributed by atoms with E-state index in [2.05, 4.69) is 4.98 Å². The summed E-state index contributed by atoms with van der Waals surface area (Å²) in [4.78, 5) is 17.8. The molecule has 4 heteroatoms. The molecule has 1 aromatic carbocycles. The van der Waals surface area contributed by atoms with Crippen LogP contribution >= 0.6 is 0 Å². The molecule has 0 fully saturated rings. The molecule has 2 rings (SSSR count). The van der Waals surface area contributed by atoms with Crippen molar-refractivity contribution >= 4 is 5.97 Å². The van der Waals surface area contributed by atoms with Gasteiger partial charge in [0.2, 0.25) is 0 Å². The Bertz CT molecular complexity index is 543. The third-order valence-electron chi connectivity index (χ3n) is 3.21. The van der Waals surface area contributed by atoms with E-state index in [1.807, 2.05) is 60.4 Å². The topological polar surface area (TPSA) is 53.4 Å². The van der Waals surface area contributed by atoms with Gasteiger partial charge in [0, 0.05) is 12.7 Å². The van der Waals surface area contributed by atoms with E-state index in [1.54, 1.807) is 6.20 Å². The second kappa shape index (κ2) is 6.82. The van der Waals surface area contributed by atoms with E-state index in [1.165, 1.54) is 0 Å². The molecular weight excluding hydrogens is 252 g/mol. The maximum atomic E-state index is 11.6. The molecule has 2 aromatic rings. The lowest BCUT2D eigenvalue weighted by molar-refractivity contribution is -0.143. The molecule has 20 heavy (non-hydrogen) atoms. The summed E-state index contributed by atoms with van der Waals surface area (Å²) in [7, 11) is 0. The number of hydrogen-bond acceptors (Lipinski definition) is 3. The highest BCUT2D eigenvalue weighted by atomic mass is 16.4. The van der Waals surface area contributed by atoms with Crippen LogP contribution in [0.4, 0.5) is 0 Å². The fourth-order valence-electron chi connectivity index (χ4n) is 2.23. The summed E-state index contributed by atoms with van der Waals surface area (Å²) < 4.78 is 0. The maximum absolute atomic E-state index is 11.6. The van der Waals surface area contributed by atoms with Crippen molar-refractivity contribution in [1.29, 1.82) is 0 Å². The van der Waals surface area contributed by atoms with Gasteiger partial charge >= 0.3 is 5.97 Å². The van der Waals surface area contributed by atoms with Gasteiger partial charge in [0.1, 0.15) is 6.04 Å². The Morgan fingerprint density at radius 3 is 2.45 bits per heavy atom. The average Bonchev–Trinajstić information content (AvgIpc) is 2.48.